The summed E-state index contributed by atoms with van der Waals surface area (Å²) in [4.78, 5) is 4.23. The highest BCUT2D eigenvalue weighted by atomic mass is 16.5. The molecule has 0 aliphatic carbocycles. The maximum Gasteiger partial charge on any atom is 0.137 e. The lowest BCUT2D eigenvalue weighted by Gasteiger charge is -2.18. The molecule has 1 aromatic carbocycles. The molecule has 0 spiro atoms. The fraction of sp³-hybridized carbons (Fsp3) is 0.353. The van der Waals surface area contributed by atoms with E-state index in [0.29, 0.717) is 5.92 Å². The molecule has 1 unspecified atom stereocenters. The Morgan fingerprint density at radius 2 is 1.65 bits per heavy atom. The Labute approximate surface area is 121 Å². The molecule has 106 valence electrons. The van der Waals surface area contributed by atoms with Crippen LogP contribution in [0.25, 0.3) is 0 Å². The minimum absolute atomic E-state index is 0.124. The zero-order chi connectivity index (χ0) is 14.5. The molecular formula is C17H22N2O. The van der Waals surface area contributed by atoms with Gasteiger partial charge in [0.15, 0.2) is 0 Å². The fourth-order valence-corrected chi connectivity index (χ4v) is 2.30. The number of aromatic nitrogens is 1. The van der Waals surface area contributed by atoms with E-state index in [9.17, 15) is 0 Å². The highest BCUT2D eigenvalue weighted by Gasteiger charge is 2.13. The lowest BCUT2D eigenvalue weighted by Crippen LogP contribution is -2.18. The van der Waals surface area contributed by atoms with Gasteiger partial charge in [0.05, 0.1) is 19.3 Å². The Morgan fingerprint density at radius 1 is 1.00 bits per heavy atom. The Morgan fingerprint density at radius 3 is 2.20 bits per heavy atom. The van der Waals surface area contributed by atoms with E-state index < -0.39 is 0 Å². The lowest BCUT2D eigenvalue weighted by molar-refractivity contribution is 0.411. The Bertz CT molecular complexity index is 549. The third-order valence-corrected chi connectivity index (χ3v) is 3.53. The molecule has 2 aromatic rings. The first-order valence-corrected chi connectivity index (χ1v) is 6.91. The van der Waals surface area contributed by atoms with Crippen molar-refractivity contribution in [2.75, 3.05) is 14.2 Å². The molecule has 3 heteroatoms. The first-order chi connectivity index (χ1) is 9.65. The number of ether oxygens (including phenoxy) is 1. The van der Waals surface area contributed by atoms with Gasteiger partial charge in [0.25, 0.3) is 0 Å². The van der Waals surface area contributed by atoms with Crippen LogP contribution in [0.4, 0.5) is 0 Å². The molecule has 2 rings (SSSR count). The van der Waals surface area contributed by atoms with Crippen LogP contribution in [0.1, 0.15) is 42.5 Å². The van der Waals surface area contributed by atoms with Gasteiger partial charge in [-0.1, -0.05) is 38.1 Å². The average molecular weight is 270 g/mol. The molecule has 0 radical (unpaired) electrons. The summed E-state index contributed by atoms with van der Waals surface area (Å²) in [7, 11) is 3.62. The first-order valence-electron chi connectivity index (χ1n) is 6.91. The van der Waals surface area contributed by atoms with Crippen molar-refractivity contribution in [3.63, 3.8) is 0 Å². The van der Waals surface area contributed by atoms with Gasteiger partial charge in [0.2, 0.25) is 0 Å². The zero-order valence-corrected chi connectivity index (χ0v) is 12.6. The first kappa shape index (κ1) is 14.5. The minimum Gasteiger partial charge on any atom is -0.495 e. The van der Waals surface area contributed by atoms with Gasteiger partial charge < -0.3 is 10.1 Å². The van der Waals surface area contributed by atoms with Crippen molar-refractivity contribution in [3.8, 4) is 5.75 Å². The highest BCUT2D eigenvalue weighted by molar-refractivity contribution is 5.35. The molecule has 1 N–H and O–H groups in total. The van der Waals surface area contributed by atoms with E-state index in [4.69, 9.17) is 4.74 Å². The van der Waals surface area contributed by atoms with Gasteiger partial charge in [0.1, 0.15) is 5.75 Å². The van der Waals surface area contributed by atoms with Crippen molar-refractivity contribution < 1.29 is 4.74 Å². The number of rotatable bonds is 5. The summed E-state index contributed by atoms with van der Waals surface area (Å²) >= 11 is 0. The SMILES string of the molecule is CNC(c1ccc(C(C)C)cc1)c1cncc(OC)c1. The molecule has 0 saturated heterocycles. The molecule has 1 aromatic heterocycles. The third-order valence-electron chi connectivity index (χ3n) is 3.53. The molecule has 1 heterocycles. The summed E-state index contributed by atoms with van der Waals surface area (Å²) in [5, 5.41) is 3.34. The van der Waals surface area contributed by atoms with Crippen molar-refractivity contribution in [3.05, 3.63) is 59.4 Å². The number of pyridine rings is 1. The Hall–Kier alpha value is -1.87. The van der Waals surface area contributed by atoms with Crippen molar-refractivity contribution in [2.24, 2.45) is 0 Å². The zero-order valence-electron chi connectivity index (χ0n) is 12.6. The van der Waals surface area contributed by atoms with Crippen LogP contribution in [0.3, 0.4) is 0 Å². The van der Waals surface area contributed by atoms with Crippen molar-refractivity contribution in [2.45, 2.75) is 25.8 Å². The van der Waals surface area contributed by atoms with E-state index in [1.165, 1.54) is 11.1 Å². The molecule has 20 heavy (non-hydrogen) atoms. The maximum atomic E-state index is 5.25. The molecule has 3 nitrogen and oxygen atoms in total. The van der Waals surface area contributed by atoms with Crippen LogP contribution in [0.2, 0.25) is 0 Å². The van der Waals surface area contributed by atoms with Crippen molar-refractivity contribution >= 4 is 0 Å². The monoisotopic (exact) mass is 270 g/mol. The largest absolute Gasteiger partial charge is 0.495 e. The summed E-state index contributed by atoms with van der Waals surface area (Å²) < 4.78 is 5.25. The van der Waals surface area contributed by atoms with Gasteiger partial charge in [-0.05, 0) is 35.7 Å². The summed E-state index contributed by atoms with van der Waals surface area (Å²) in [5.74, 6) is 1.33. The molecule has 1 atom stereocenters. The number of hydrogen-bond donors (Lipinski definition) is 1. The van der Waals surface area contributed by atoms with Gasteiger partial charge in [0, 0.05) is 6.20 Å². The van der Waals surface area contributed by atoms with Crippen LogP contribution >= 0.6 is 0 Å². The summed E-state index contributed by atoms with van der Waals surface area (Å²) in [5.41, 5.74) is 3.68. The van der Waals surface area contributed by atoms with Crippen LogP contribution in [0.5, 0.6) is 5.75 Å². The minimum atomic E-state index is 0.124. The van der Waals surface area contributed by atoms with E-state index in [1.807, 2.05) is 19.3 Å². The number of nitrogens with one attached hydrogen (secondary N) is 1. The van der Waals surface area contributed by atoms with E-state index in [0.717, 1.165) is 11.3 Å². The van der Waals surface area contributed by atoms with E-state index >= 15 is 0 Å². The smallest absolute Gasteiger partial charge is 0.137 e. The predicted molar refractivity (Wildman–Crippen MR) is 82.2 cm³/mol. The topological polar surface area (TPSA) is 34.2 Å². The molecule has 0 aliphatic rings. The predicted octanol–water partition coefficient (Wildman–Crippen LogP) is 3.52. The third kappa shape index (κ3) is 3.17. The number of methoxy groups -OCH3 is 1. The second-order valence-corrected chi connectivity index (χ2v) is 5.20. The lowest BCUT2D eigenvalue weighted by atomic mass is 9.96. The van der Waals surface area contributed by atoms with Crippen LogP contribution in [-0.2, 0) is 0 Å². The second kappa shape index (κ2) is 6.53. The van der Waals surface area contributed by atoms with Gasteiger partial charge in [-0.2, -0.15) is 0 Å². The maximum absolute atomic E-state index is 5.25. The van der Waals surface area contributed by atoms with E-state index in [1.54, 1.807) is 13.3 Å². The van der Waals surface area contributed by atoms with Crippen LogP contribution < -0.4 is 10.1 Å². The number of benzene rings is 1. The van der Waals surface area contributed by atoms with E-state index in [2.05, 4.69) is 48.4 Å². The normalized spacial score (nSPS) is 12.4. The van der Waals surface area contributed by atoms with Gasteiger partial charge in [-0.3, -0.25) is 4.98 Å². The highest BCUT2D eigenvalue weighted by Crippen LogP contribution is 2.25. The number of hydrogen-bond acceptors (Lipinski definition) is 3. The second-order valence-electron chi connectivity index (χ2n) is 5.20. The molecule has 0 bridgehead atoms. The van der Waals surface area contributed by atoms with Gasteiger partial charge >= 0.3 is 0 Å². The quantitative estimate of drug-likeness (QED) is 0.902. The van der Waals surface area contributed by atoms with Crippen molar-refractivity contribution in [1.82, 2.24) is 10.3 Å². The van der Waals surface area contributed by atoms with Crippen LogP contribution in [-0.4, -0.2) is 19.1 Å². The fourth-order valence-electron chi connectivity index (χ4n) is 2.30. The van der Waals surface area contributed by atoms with Gasteiger partial charge in [-0.15, -0.1) is 0 Å². The van der Waals surface area contributed by atoms with Crippen molar-refractivity contribution in [1.29, 1.82) is 0 Å². The van der Waals surface area contributed by atoms with E-state index in [-0.39, 0.29) is 6.04 Å². The Balaban J connectivity index is 2.31. The molecule has 0 aliphatic heterocycles. The number of nitrogens with zero attached hydrogens (tertiary/aromatic N) is 1. The van der Waals surface area contributed by atoms with Crippen LogP contribution in [0, 0.1) is 0 Å². The summed E-state index contributed by atoms with van der Waals surface area (Å²) in [6.07, 6.45) is 3.60. The summed E-state index contributed by atoms with van der Waals surface area (Å²) in [6.45, 7) is 4.41. The Kier molecular flexibility index (Phi) is 4.74. The van der Waals surface area contributed by atoms with Crippen LogP contribution in [0.15, 0.2) is 42.7 Å². The molecule has 0 saturated carbocycles. The molecule has 0 fully saturated rings. The molecule has 0 amide bonds. The molecular weight excluding hydrogens is 248 g/mol. The summed E-state index contributed by atoms with van der Waals surface area (Å²) in [6, 6.07) is 10.9. The average Bonchev–Trinajstić information content (AvgIpc) is 2.49. The standard InChI is InChI=1S/C17H22N2O/c1-12(2)13-5-7-14(8-6-13)17(18-3)15-9-16(20-4)11-19-10-15/h5-12,17-18H,1-4H3. The van der Waals surface area contributed by atoms with Gasteiger partial charge in [-0.25, -0.2) is 0 Å².